The number of aryl methyl sites for hydroxylation is 1. The average molecular weight is 162 g/mol. The summed E-state index contributed by atoms with van der Waals surface area (Å²) in [5.74, 6) is 0. The predicted octanol–water partition coefficient (Wildman–Crippen LogP) is 2.90. The van der Waals surface area contributed by atoms with Gasteiger partial charge in [0.2, 0.25) is 0 Å². The summed E-state index contributed by atoms with van der Waals surface area (Å²) in [6, 6.07) is 6.16. The van der Waals surface area contributed by atoms with E-state index < -0.39 is 0 Å². The van der Waals surface area contributed by atoms with E-state index in [2.05, 4.69) is 29.0 Å². The fourth-order valence-corrected chi connectivity index (χ4v) is 1.05. The second-order valence-electron chi connectivity index (χ2n) is 2.42. The Morgan fingerprint density at radius 1 is 1.25 bits per heavy atom. The molecule has 0 aliphatic rings. The molecule has 0 atom stereocenters. The lowest BCUT2D eigenvalue weighted by Gasteiger charge is -1.89. The highest BCUT2D eigenvalue weighted by molar-refractivity contribution is 5.74. The monoisotopic (exact) mass is 162 g/mol. The van der Waals surface area contributed by atoms with Crippen molar-refractivity contribution in [2.24, 2.45) is 0 Å². The van der Waals surface area contributed by atoms with Crippen LogP contribution in [0.1, 0.15) is 19.4 Å². The summed E-state index contributed by atoms with van der Waals surface area (Å²) in [5.41, 5.74) is 3.40. The van der Waals surface area contributed by atoms with Crippen molar-refractivity contribution in [3.63, 3.8) is 0 Å². The van der Waals surface area contributed by atoms with Gasteiger partial charge < -0.3 is 4.98 Å². The second kappa shape index (κ2) is 3.90. The van der Waals surface area contributed by atoms with Crippen LogP contribution in [0.5, 0.6) is 0 Å². The molecule has 0 saturated carbocycles. The highest BCUT2D eigenvalue weighted by atomic mass is 14.9. The van der Waals surface area contributed by atoms with Gasteiger partial charge in [0.15, 0.2) is 0 Å². The van der Waals surface area contributed by atoms with E-state index in [0.29, 0.717) is 0 Å². The van der Waals surface area contributed by atoms with Crippen LogP contribution in [0, 0.1) is 6.92 Å². The van der Waals surface area contributed by atoms with E-state index in [0.717, 1.165) is 11.0 Å². The summed E-state index contributed by atoms with van der Waals surface area (Å²) in [6.45, 7) is 6.07. The summed E-state index contributed by atoms with van der Waals surface area (Å²) in [5, 5.41) is 0. The molecule has 0 saturated heterocycles. The fraction of sp³-hybridized carbons (Fsp3) is 0.300. The molecule has 0 aliphatic heterocycles. The number of rotatable bonds is 0. The largest absolute Gasteiger partial charge is 0.345 e. The lowest BCUT2D eigenvalue weighted by Crippen LogP contribution is -1.71. The number of hydrogen-bond donors (Lipinski definition) is 1. The van der Waals surface area contributed by atoms with Crippen LogP contribution in [0.25, 0.3) is 11.0 Å². The van der Waals surface area contributed by atoms with E-state index in [-0.39, 0.29) is 0 Å². The Bertz CT molecular complexity index is 349. The molecule has 0 spiro atoms. The van der Waals surface area contributed by atoms with Gasteiger partial charge in [-0.2, -0.15) is 0 Å². The third kappa shape index (κ3) is 1.64. The molecule has 2 nitrogen and oxygen atoms in total. The maximum atomic E-state index is 4.10. The maximum Gasteiger partial charge on any atom is 0.0931 e. The minimum absolute atomic E-state index is 1.03. The van der Waals surface area contributed by atoms with Gasteiger partial charge in [0.25, 0.3) is 0 Å². The molecule has 1 heterocycles. The second-order valence-corrected chi connectivity index (χ2v) is 2.42. The predicted molar refractivity (Wildman–Crippen MR) is 52.2 cm³/mol. The number of fused-ring (bicyclic) bond motifs is 1. The number of hydrogen-bond acceptors (Lipinski definition) is 1. The topological polar surface area (TPSA) is 28.7 Å². The Morgan fingerprint density at radius 2 is 2.00 bits per heavy atom. The van der Waals surface area contributed by atoms with Gasteiger partial charge in [-0.05, 0) is 24.6 Å². The molecule has 0 fully saturated rings. The average Bonchev–Trinajstić information content (AvgIpc) is 2.54. The van der Waals surface area contributed by atoms with Gasteiger partial charge in [0.1, 0.15) is 0 Å². The number of aromatic nitrogens is 2. The van der Waals surface area contributed by atoms with Crippen LogP contribution in [0.3, 0.4) is 0 Å². The van der Waals surface area contributed by atoms with Gasteiger partial charge in [0, 0.05) is 0 Å². The molecule has 1 aromatic carbocycles. The van der Waals surface area contributed by atoms with Crippen LogP contribution >= 0.6 is 0 Å². The first-order chi connectivity index (χ1) is 5.86. The molecule has 1 N–H and O–H groups in total. The molecule has 0 aliphatic carbocycles. The maximum absolute atomic E-state index is 4.10. The van der Waals surface area contributed by atoms with Crippen LogP contribution in [0.4, 0.5) is 0 Å². The third-order valence-electron chi connectivity index (χ3n) is 1.58. The molecular formula is C10H14N2. The standard InChI is InChI=1S/C8H8N2.C2H6/c1-6-2-3-7-8(4-6)10-5-9-7;1-2/h2-5H,1H3,(H,9,10);1-2H3. The Kier molecular flexibility index (Phi) is 2.86. The summed E-state index contributed by atoms with van der Waals surface area (Å²) in [7, 11) is 0. The summed E-state index contributed by atoms with van der Waals surface area (Å²) in [4.78, 5) is 7.15. The Balaban J connectivity index is 0.000000336. The molecular weight excluding hydrogens is 148 g/mol. The molecule has 2 heteroatoms. The number of aromatic amines is 1. The van der Waals surface area contributed by atoms with E-state index in [4.69, 9.17) is 0 Å². The van der Waals surface area contributed by atoms with E-state index in [1.54, 1.807) is 6.33 Å². The molecule has 0 amide bonds. The minimum Gasteiger partial charge on any atom is -0.345 e. The molecule has 0 radical (unpaired) electrons. The zero-order valence-electron chi connectivity index (χ0n) is 7.76. The van der Waals surface area contributed by atoms with Gasteiger partial charge in [-0.3, -0.25) is 0 Å². The Labute approximate surface area is 72.6 Å². The highest BCUT2D eigenvalue weighted by Crippen LogP contribution is 2.09. The lowest BCUT2D eigenvalue weighted by molar-refractivity contribution is 1.34. The van der Waals surface area contributed by atoms with Crippen molar-refractivity contribution in [1.82, 2.24) is 9.97 Å². The lowest BCUT2D eigenvalue weighted by atomic mass is 10.2. The molecule has 0 bridgehead atoms. The van der Waals surface area contributed by atoms with Crippen LogP contribution in [0.15, 0.2) is 24.5 Å². The molecule has 64 valence electrons. The smallest absolute Gasteiger partial charge is 0.0931 e. The van der Waals surface area contributed by atoms with Gasteiger partial charge in [0.05, 0.1) is 17.4 Å². The number of nitrogens with one attached hydrogen (secondary N) is 1. The quantitative estimate of drug-likeness (QED) is 0.634. The first-order valence-corrected chi connectivity index (χ1v) is 4.26. The number of imidazole rings is 1. The molecule has 0 unspecified atom stereocenters. The fourth-order valence-electron chi connectivity index (χ4n) is 1.05. The summed E-state index contributed by atoms with van der Waals surface area (Å²) >= 11 is 0. The SMILES string of the molecule is CC.Cc1ccc2nc[nH]c2c1. The summed E-state index contributed by atoms with van der Waals surface area (Å²) in [6.07, 6.45) is 1.71. The van der Waals surface area contributed by atoms with Crippen molar-refractivity contribution in [1.29, 1.82) is 0 Å². The Morgan fingerprint density at radius 3 is 2.75 bits per heavy atom. The van der Waals surface area contributed by atoms with Crippen LogP contribution in [-0.2, 0) is 0 Å². The van der Waals surface area contributed by atoms with Crippen molar-refractivity contribution in [3.8, 4) is 0 Å². The van der Waals surface area contributed by atoms with Gasteiger partial charge in [-0.15, -0.1) is 0 Å². The van der Waals surface area contributed by atoms with Crippen molar-refractivity contribution in [3.05, 3.63) is 30.1 Å². The number of benzene rings is 1. The van der Waals surface area contributed by atoms with Crippen LogP contribution in [-0.4, -0.2) is 9.97 Å². The van der Waals surface area contributed by atoms with E-state index in [9.17, 15) is 0 Å². The van der Waals surface area contributed by atoms with Crippen LogP contribution in [0.2, 0.25) is 0 Å². The first kappa shape index (κ1) is 8.78. The zero-order chi connectivity index (χ0) is 8.97. The van der Waals surface area contributed by atoms with E-state index in [1.165, 1.54) is 5.56 Å². The zero-order valence-corrected chi connectivity index (χ0v) is 7.76. The third-order valence-corrected chi connectivity index (χ3v) is 1.58. The van der Waals surface area contributed by atoms with Gasteiger partial charge in [-0.1, -0.05) is 19.9 Å². The molecule has 2 rings (SSSR count). The van der Waals surface area contributed by atoms with E-state index >= 15 is 0 Å². The van der Waals surface area contributed by atoms with Crippen molar-refractivity contribution < 1.29 is 0 Å². The van der Waals surface area contributed by atoms with Gasteiger partial charge >= 0.3 is 0 Å². The van der Waals surface area contributed by atoms with E-state index in [1.807, 2.05) is 19.9 Å². The summed E-state index contributed by atoms with van der Waals surface area (Å²) < 4.78 is 0. The number of nitrogens with zero attached hydrogens (tertiary/aromatic N) is 1. The number of H-pyrrole nitrogens is 1. The van der Waals surface area contributed by atoms with Crippen molar-refractivity contribution in [2.75, 3.05) is 0 Å². The highest BCUT2D eigenvalue weighted by Gasteiger charge is 1.92. The normalized spacial score (nSPS) is 9.25. The van der Waals surface area contributed by atoms with Crippen molar-refractivity contribution in [2.45, 2.75) is 20.8 Å². The Hall–Kier alpha value is -1.31. The van der Waals surface area contributed by atoms with Crippen molar-refractivity contribution >= 4 is 11.0 Å². The van der Waals surface area contributed by atoms with Gasteiger partial charge in [-0.25, -0.2) is 4.98 Å². The first-order valence-electron chi connectivity index (χ1n) is 4.26. The molecule has 12 heavy (non-hydrogen) atoms. The molecule has 2 aromatic rings. The minimum atomic E-state index is 1.03. The van der Waals surface area contributed by atoms with Crippen LogP contribution < -0.4 is 0 Å². The molecule has 1 aromatic heterocycles.